The molecule has 2 atom stereocenters. The first kappa shape index (κ1) is 20.2. The second kappa shape index (κ2) is 7.86. The number of methoxy groups -OCH3 is 1. The third-order valence-corrected chi connectivity index (χ3v) is 6.18. The van der Waals surface area contributed by atoms with E-state index in [4.69, 9.17) is 19.9 Å². The van der Waals surface area contributed by atoms with Crippen molar-refractivity contribution in [3.8, 4) is 11.5 Å². The average Bonchev–Trinajstić information content (AvgIpc) is 3.12. The van der Waals surface area contributed by atoms with Crippen LogP contribution >= 0.6 is 12.4 Å². The Balaban J connectivity index is 0.00000210. The molecule has 7 heteroatoms. The molecule has 1 aliphatic carbocycles. The van der Waals surface area contributed by atoms with Gasteiger partial charge in [0.05, 0.1) is 12.6 Å². The average molecular weight is 397 g/mol. The molecule has 0 bridgehead atoms. The van der Waals surface area contributed by atoms with Crippen LogP contribution in [-0.4, -0.2) is 50.3 Å². The molecule has 2 N–H and O–H groups in total. The van der Waals surface area contributed by atoms with Crippen molar-refractivity contribution in [2.45, 2.75) is 50.1 Å². The molecular weight excluding hydrogens is 368 g/mol. The van der Waals surface area contributed by atoms with Gasteiger partial charge in [-0.2, -0.15) is 0 Å². The molecule has 1 spiro atoms. The van der Waals surface area contributed by atoms with E-state index in [2.05, 4.69) is 19.1 Å². The van der Waals surface area contributed by atoms with Crippen molar-refractivity contribution in [2.24, 2.45) is 5.73 Å². The quantitative estimate of drug-likeness (QED) is 0.849. The molecule has 0 radical (unpaired) electrons. The zero-order valence-corrected chi connectivity index (χ0v) is 16.8. The molecule has 2 unspecified atom stereocenters. The summed E-state index contributed by atoms with van der Waals surface area (Å²) in [5.41, 5.74) is 8.57. The van der Waals surface area contributed by atoms with Gasteiger partial charge in [-0.05, 0) is 43.0 Å². The number of carbonyl (C=O) groups excluding carboxylic acids is 1. The van der Waals surface area contributed by atoms with E-state index >= 15 is 0 Å². The molecule has 3 aliphatic rings. The minimum absolute atomic E-state index is 0. The number of hydrogen-bond donors (Lipinski definition) is 1. The number of carbonyl (C=O) groups is 1. The Morgan fingerprint density at radius 1 is 1.30 bits per heavy atom. The lowest BCUT2D eigenvalue weighted by Gasteiger charge is -2.47. The summed E-state index contributed by atoms with van der Waals surface area (Å²) in [5, 5.41) is 0. The highest BCUT2D eigenvalue weighted by atomic mass is 35.5. The molecule has 1 fully saturated rings. The maximum Gasteiger partial charge on any atom is 0.242 e. The highest BCUT2D eigenvalue weighted by molar-refractivity contribution is 5.85. The van der Waals surface area contributed by atoms with Crippen LogP contribution in [-0.2, 0) is 14.9 Å². The van der Waals surface area contributed by atoms with E-state index in [9.17, 15) is 4.79 Å². The first-order valence-electron chi connectivity index (χ1n) is 9.55. The minimum Gasteiger partial charge on any atom is -0.486 e. The van der Waals surface area contributed by atoms with Crippen molar-refractivity contribution >= 4 is 18.3 Å². The fraction of sp³-hybridized carbons (Fsp3) is 0.650. The Morgan fingerprint density at radius 2 is 1.93 bits per heavy atom. The number of nitrogens with zero attached hydrogens (tertiary/aromatic N) is 1. The number of nitrogens with two attached hydrogens (primary N) is 1. The molecule has 1 saturated carbocycles. The number of hydrogen-bond acceptors (Lipinski definition) is 5. The van der Waals surface area contributed by atoms with Crippen LogP contribution in [0.3, 0.4) is 0 Å². The van der Waals surface area contributed by atoms with Crippen LogP contribution in [0.1, 0.15) is 49.8 Å². The Kier molecular flexibility index (Phi) is 5.89. The zero-order chi connectivity index (χ0) is 18.3. The number of fused-ring (bicyclic) bond motifs is 3. The van der Waals surface area contributed by atoms with Crippen LogP contribution in [0, 0.1) is 0 Å². The Hall–Kier alpha value is -1.50. The van der Waals surface area contributed by atoms with Crippen LogP contribution < -0.4 is 15.2 Å². The van der Waals surface area contributed by atoms with Crippen molar-refractivity contribution < 1.29 is 19.0 Å². The summed E-state index contributed by atoms with van der Waals surface area (Å²) in [4.78, 5) is 15.0. The lowest BCUT2D eigenvalue weighted by atomic mass is 9.71. The number of amides is 1. The maximum absolute atomic E-state index is 13.0. The predicted molar refractivity (Wildman–Crippen MR) is 105 cm³/mol. The molecule has 1 aromatic rings. The fourth-order valence-electron chi connectivity index (χ4n) is 4.84. The van der Waals surface area contributed by atoms with E-state index in [0.717, 1.165) is 30.9 Å². The van der Waals surface area contributed by atoms with Gasteiger partial charge in [0.25, 0.3) is 0 Å². The van der Waals surface area contributed by atoms with Crippen LogP contribution in [0.4, 0.5) is 0 Å². The van der Waals surface area contributed by atoms with Crippen molar-refractivity contribution in [3.05, 3.63) is 23.3 Å². The summed E-state index contributed by atoms with van der Waals surface area (Å²) < 4.78 is 16.7. The van der Waals surface area contributed by atoms with Gasteiger partial charge in [0.1, 0.15) is 19.3 Å². The third-order valence-electron chi connectivity index (χ3n) is 6.18. The van der Waals surface area contributed by atoms with E-state index in [1.165, 1.54) is 24.0 Å². The summed E-state index contributed by atoms with van der Waals surface area (Å²) in [6.45, 7) is 4.19. The van der Waals surface area contributed by atoms with Gasteiger partial charge < -0.3 is 24.8 Å². The summed E-state index contributed by atoms with van der Waals surface area (Å²) in [6, 6.07) is 3.58. The molecule has 0 saturated heterocycles. The molecule has 2 aliphatic heterocycles. The second-order valence-corrected chi connectivity index (χ2v) is 7.77. The van der Waals surface area contributed by atoms with Gasteiger partial charge in [0.2, 0.25) is 5.91 Å². The lowest BCUT2D eigenvalue weighted by Crippen LogP contribution is -2.54. The first-order valence-corrected chi connectivity index (χ1v) is 9.55. The number of rotatable bonds is 3. The number of ether oxygens (including phenoxy) is 3. The monoisotopic (exact) mass is 396 g/mol. The van der Waals surface area contributed by atoms with Gasteiger partial charge in [-0.1, -0.05) is 12.8 Å². The fourth-order valence-corrected chi connectivity index (χ4v) is 4.84. The highest BCUT2D eigenvalue weighted by Crippen LogP contribution is 2.51. The summed E-state index contributed by atoms with van der Waals surface area (Å²) in [5.74, 6) is 1.58. The van der Waals surface area contributed by atoms with E-state index < -0.39 is 6.04 Å². The van der Waals surface area contributed by atoms with Crippen molar-refractivity contribution in [1.29, 1.82) is 0 Å². The summed E-state index contributed by atoms with van der Waals surface area (Å²) in [7, 11) is 1.57. The van der Waals surface area contributed by atoms with E-state index in [-0.39, 0.29) is 36.4 Å². The molecular formula is C20H29ClN2O4. The molecule has 0 aromatic heterocycles. The zero-order valence-electron chi connectivity index (χ0n) is 16.0. The van der Waals surface area contributed by atoms with Gasteiger partial charge in [-0.25, -0.2) is 0 Å². The van der Waals surface area contributed by atoms with Crippen LogP contribution in [0.2, 0.25) is 0 Å². The normalized spacial score (nSPS) is 23.5. The standard InChI is InChI=1S/C20H28N2O4.ClH/c1-13-14-9-17-18(26-8-7-25-17)10-15(14)20(5-3-4-6-20)12-22(13)19(23)16(21)11-24-2;/h9-10,13,16H,3-8,11-12,21H2,1-2H3;1H. The van der Waals surface area contributed by atoms with Crippen molar-refractivity contribution in [3.63, 3.8) is 0 Å². The van der Waals surface area contributed by atoms with Crippen LogP contribution in [0.25, 0.3) is 0 Å². The summed E-state index contributed by atoms with van der Waals surface area (Å²) in [6.07, 6.45) is 4.56. The maximum atomic E-state index is 13.0. The lowest BCUT2D eigenvalue weighted by molar-refractivity contribution is -0.137. The van der Waals surface area contributed by atoms with E-state index in [0.29, 0.717) is 13.2 Å². The van der Waals surface area contributed by atoms with Gasteiger partial charge in [-0.15, -0.1) is 12.4 Å². The SMILES string of the molecule is COCC(N)C(=O)N1CC2(CCCC2)c2cc3c(cc2C1C)OCCO3.Cl. The molecule has 1 amide bonds. The predicted octanol–water partition coefficient (Wildman–Crippen LogP) is 2.57. The van der Waals surface area contributed by atoms with Crippen LogP contribution in [0.15, 0.2) is 12.1 Å². The Labute approximate surface area is 166 Å². The first-order chi connectivity index (χ1) is 12.6. The smallest absolute Gasteiger partial charge is 0.242 e. The van der Waals surface area contributed by atoms with Gasteiger partial charge in [-0.3, -0.25) is 4.79 Å². The van der Waals surface area contributed by atoms with Crippen LogP contribution in [0.5, 0.6) is 11.5 Å². The molecule has 150 valence electrons. The molecule has 6 nitrogen and oxygen atoms in total. The minimum atomic E-state index is -0.625. The Morgan fingerprint density at radius 3 is 2.56 bits per heavy atom. The molecule has 27 heavy (non-hydrogen) atoms. The molecule has 2 heterocycles. The molecule has 4 rings (SSSR count). The Bertz CT molecular complexity index is 705. The topological polar surface area (TPSA) is 74.0 Å². The summed E-state index contributed by atoms with van der Waals surface area (Å²) >= 11 is 0. The van der Waals surface area contributed by atoms with Gasteiger partial charge in [0, 0.05) is 19.1 Å². The van der Waals surface area contributed by atoms with E-state index in [1.807, 2.05) is 4.90 Å². The third kappa shape index (κ3) is 3.39. The van der Waals surface area contributed by atoms with Crippen molar-refractivity contribution in [1.82, 2.24) is 4.90 Å². The van der Waals surface area contributed by atoms with Crippen molar-refractivity contribution in [2.75, 3.05) is 33.5 Å². The highest BCUT2D eigenvalue weighted by Gasteiger charge is 2.46. The second-order valence-electron chi connectivity index (χ2n) is 7.77. The number of halogens is 1. The van der Waals surface area contributed by atoms with Gasteiger partial charge >= 0.3 is 0 Å². The number of benzene rings is 1. The van der Waals surface area contributed by atoms with E-state index in [1.54, 1.807) is 7.11 Å². The largest absolute Gasteiger partial charge is 0.486 e. The molecule has 1 aromatic carbocycles. The van der Waals surface area contributed by atoms with Gasteiger partial charge in [0.15, 0.2) is 11.5 Å².